The molecule has 0 radical (unpaired) electrons. The van der Waals surface area contributed by atoms with Crippen LogP contribution >= 0.6 is 34.5 Å². The SMILES string of the molecule is CN(CC(=O)N1CCN(c2ccc(Cl)c(Cl)c2)CC1)c1nc2ccccc2s1. The third kappa shape index (κ3) is 4.04. The van der Waals surface area contributed by atoms with Crippen molar-refractivity contribution in [3.8, 4) is 0 Å². The fourth-order valence-electron chi connectivity index (χ4n) is 3.29. The number of rotatable bonds is 4. The number of aromatic nitrogens is 1. The maximum atomic E-state index is 12.7. The summed E-state index contributed by atoms with van der Waals surface area (Å²) in [5.41, 5.74) is 2.00. The van der Waals surface area contributed by atoms with E-state index in [-0.39, 0.29) is 5.91 Å². The molecule has 0 saturated carbocycles. The summed E-state index contributed by atoms with van der Waals surface area (Å²) in [5.74, 6) is 0.121. The lowest BCUT2D eigenvalue weighted by molar-refractivity contribution is -0.129. The monoisotopic (exact) mass is 434 g/mol. The first-order valence-corrected chi connectivity index (χ1v) is 10.6. The van der Waals surface area contributed by atoms with E-state index in [0.717, 1.165) is 34.1 Å². The number of nitrogens with zero attached hydrogens (tertiary/aromatic N) is 4. The molecule has 2 aromatic carbocycles. The van der Waals surface area contributed by atoms with E-state index in [1.807, 2.05) is 53.2 Å². The number of piperazine rings is 1. The van der Waals surface area contributed by atoms with Crippen molar-refractivity contribution in [1.29, 1.82) is 0 Å². The fourth-order valence-corrected chi connectivity index (χ4v) is 4.51. The number of carbonyl (C=O) groups is 1. The van der Waals surface area contributed by atoms with Gasteiger partial charge in [-0.05, 0) is 30.3 Å². The summed E-state index contributed by atoms with van der Waals surface area (Å²) in [6.45, 7) is 3.25. The minimum atomic E-state index is 0.121. The maximum absolute atomic E-state index is 12.7. The van der Waals surface area contributed by atoms with Gasteiger partial charge in [0, 0.05) is 38.9 Å². The van der Waals surface area contributed by atoms with Crippen molar-refractivity contribution >= 4 is 61.5 Å². The molecule has 1 aliphatic heterocycles. The molecule has 4 rings (SSSR count). The van der Waals surface area contributed by atoms with Crippen LogP contribution in [0.2, 0.25) is 10.0 Å². The summed E-state index contributed by atoms with van der Waals surface area (Å²) in [4.78, 5) is 23.4. The summed E-state index contributed by atoms with van der Waals surface area (Å²) in [5, 5.41) is 1.97. The molecular formula is C20H20Cl2N4OS. The van der Waals surface area contributed by atoms with Crippen molar-refractivity contribution < 1.29 is 4.79 Å². The Hall–Kier alpha value is -2.02. The average Bonchev–Trinajstić information content (AvgIpc) is 3.14. The number of benzene rings is 2. The van der Waals surface area contributed by atoms with E-state index in [1.54, 1.807) is 11.3 Å². The van der Waals surface area contributed by atoms with Crippen molar-refractivity contribution in [3.05, 3.63) is 52.5 Å². The molecule has 1 aromatic heterocycles. The molecule has 0 bridgehead atoms. The minimum absolute atomic E-state index is 0.121. The minimum Gasteiger partial charge on any atom is -0.368 e. The van der Waals surface area contributed by atoms with Gasteiger partial charge >= 0.3 is 0 Å². The number of anilines is 2. The van der Waals surface area contributed by atoms with Crippen LogP contribution in [0.15, 0.2) is 42.5 Å². The van der Waals surface area contributed by atoms with Gasteiger partial charge in [-0.3, -0.25) is 4.79 Å². The van der Waals surface area contributed by atoms with Gasteiger partial charge in [-0.15, -0.1) is 0 Å². The van der Waals surface area contributed by atoms with E-state index < -0.39 is 0 Å². The number of fused-ring (bicyclic) bond motifs is 1. The zero-order valence-corrected chi connectivity index (χ0v) is 17.8. The molecule has 1 aliphatic rings. The number of thiazole rings is 1. The van der Waals surface area contributed by atoms with Gasteiger partial charge in [-0.1, -0.05) is 46.7 Å². The van der Waals surface area contributed by atoms with Crippen LogP contribution in [0.1, 0.15) is 0 Å². The maximum Gasteiger partial charge on any atom is 0.242 e. The second-order valence-corrected chi connectivity index (χ2v) is 8.61. The molecule has 0 aliphatic carbocycles. The Morgan fingerprint density at radius 1 is 1.11 bits per heavy atom. The first kappa shape index (κ1) is 19.3. The van der Waals surface area contributed by atoms with Crippen LogP contribution in [-0.2, 0) is 4.79 Å². The van der Waals surface area contributed by atoms with Crippen LogP contribution < -0.4 is 9.80 Å². The van der Waals surface area contributed by atoms with Gasteiger partial charge in [0.05, 0.1) is 26.8 Å². The normalized spacial score (nSPS) is 14.5. The standard InChI is InChI=1S/C20H20Cl2N4OS/c1-24(20-23-17-4-2-3-5-18(17)28-20)13-19(27)26-10-8-25(9-11-26)14-6-7-15(21)16(22)12-14/h2-7,12H,8-11,13H2,1H3. The number of para-hydroxylation sites is 1. The van der Waals surface area contributed by atoms with E-state index in [1.165, 1.54) is 0 Å². The number of halogens is 2. The highest BCUT2D eigenvalue weighted by Gasteiger charge is 2.23. The van der Waals surface area contributed by atoms with Gasteiger partial charge in [-0.2, -0.15) is 0 Å². The van der Waals surface area contributed by atoms with Gasteiger partial charge in [0.2, 0.25) is 5.91 Å². The van der Waals surface area contributed by atoms with Gasteiger partial charge in [-0.25, -0.2) is 4.98 Å². The molecule has 3 aromatic rings. The Bertz CT molecular complexity index is 968. The van der Waals surface area contributed by atoms with Gasteiger partial charge in [0.25, 0.3) is 0 Å². The first-order valence-electron chi connectivity index (χ1n) is 9.06. The summed E-state index contributed by atoms with van der Waals surface area (Å²) in [6.07, 6.45) is 0. The van der Waals surface area contributed by atoms with Crippen molar-refractivity contribution in [2.75, 3.05) is 49.6 Å². The summed E-state index contributed by atoms with van der Waals surface area (Å²) >= 11 is 13.7. The molecule has 1 fully saturated rings. The Morgan fingerprint density at radius 3 is 2.57 bits per heavy atom. The molecule has 0 unspecified atom stereocenters. The first-order chi connectivity index (χ1) is 13.5. The van der Waals surface area contributed by atoms with Crippen molar-refractivity contribution in [2.24, 2.45) is 0 Å². The summed E-state index contributed by atoms with van der Waals surface area (Å²) < 4.78 is 1.13. The predicted molar refractivity (Wildman–Crippen MR) is 118 cm³/mol. The van der Waals surface area contributed by atoms with Crippen molar-refractivity contribution in [3.63, 3.8) is 0 Å². The lowest BCUT2D eigenvalue weighted by atomic mass is 10.2. The molecule has 0 spiro atoms. The number of hydrogen-bond donors (Lipinski definition) is 0. The largest absolute Gasteiger partial charge is 0.368 e. The zero-order chi connectivity index (χ0) is 19.7. The number of likely N-dealkylation sites (N-methyl/N-ethyl adjacent to an activating group) is 1. The smallest absolute Gasteiger partial charge is 0.242 e. The van der Waals surface area contributed by atoms with Crippen molar-refractivity contribution in [2.45, 2.75) is 0 Å². The molecule has 0 atom stereocenters. The topological polar surface area (TPSA) is 39.7 Å². The number of amides is 1. The summed E-state index contributed by atoms with van der Waals surface area (Å²) in [7, 11) is 1.92. The van der Waals surface area contributed by atoms with E-state index in [9.17, 15) is 4.79 Å². The molecule has 2 heterocycles. The zero-order valence-electron chi connectivity index (χ0n) is 15.4. The van der Waals surface area contributed by atoms with Crippen molar-refractivity contribution in [1.82, 2.24) is 9.88 Å². The van der Waals surface area contributed by atoms with Gasteiger partial charge in [0.1, 0.15) is 0 Å². The van der Waals surface area contributed by atoms with Gasteiger partial charge < -0.3 is 14.7 Å². The molecule has 1 amide bonds. The quantitative estimate of drug-likeness (QED) is 0.610. The van der Waals surface area contributed by atoms with E-state index in [4.69, 9.17) is 23.2 Å². The molecular weight excluding hydrogens is 415 g/mol. The lowest BCUT2D eigenvalue weighted by Crippen LogP contribution is -2.51. The molecule has 5 nitrogen and oxygen atoms in total. The number of carbonyl (C=O) groups excluding carboxylic acids is 1. The molecule has 8 heteroatoms. The van der Waals surface area contributed by atoms with Crippen LogP contribution in [-0.4, -0.2) is 55.6 Å². The van der Waals surface area contributed by atoms with Crippen LogP contribution in [0.5, 0.6) is 0 Å². The third-order valence-electron chi connectivity index (χ3n) is 4.88. The van der Waals surface area contributed by atoms with Gasteiger partial charge in [0.15, 0.2) is 5.13 Å². The van der Waals surface area contributed by atoms with E-state index in [2.05, 4.69) is 16.0 Å². The predicted octanol–water partition coefficient (Wildman–Crippen LogP) is 4.39. The van der Waals surface area contributed by atoms with Crippen LogP contribution in [0, 0.1) is 0 Å². The van der Waals surface area contributed by atoms with E-state index in [0.29, 0.717) is 29.7 Å². The summed E-state index contributed by atoms with van der Waals surface area (Å²) in [6, 6.07) is 13.7. The van der Waals surface area contributed by atoms with Crippen LogP contribution in [0.25, 0.3) is 10.2 Å². The van der Waals surface area contributed by atoms with E-state index >= 15 is 0 Å². The fraction of sp³-hybridized carbons (Fsp3) is 0.300. The molecule has 28 heavy (non-hydrogen) atoms. The second kappa shape index (κ2) is 8.15. The lowest BCUT2D eigenvalue weighted by Gasteiger charge is -2.36. The highest BCUT2D eigenvalue weighted by molar-refractivity contribution is 7.22. The van der Waals surface area contributed by atoms with Crippen LogP contribution in [0.4, 0.5) is 10.8 Å². The average molecular weight is 435 g/mol. The second-order valence-electron chi connectivity index (χ2n) is 6.79. The number of hydrogen-bond acceptors (Lipinski definition) is 5. The molecule has 146 valence electrons. The molecule has 1 saturated heterocycles. The third-order valence-corrected chi connectivity index (χ3v) is 6.77. The highest BCUT2D eigenvalue weighted by Crippen LogP contribution is 2.29. The Labute approximate surface area is 178 Å². The molecule has 0 N–H and O–H groups in total. The Morgan fingerprint density at radius 2 is 1.86 bits per heavy atom. The van der Waals surface area contributed by atoms with Crippen LogP contribution in [0.3, 0.4) is 0 Å². The Kier molecular flexibility index (Phi) is 5.62. The highest BCUT2D eigenvalue weighted by atomic mass is 35.5. The Balaban J connectivity index is 1.35.